The summed E-state index contributed by atoms with van der Waals surface area (Å²) in [5, 5.41) is 0.729. The SMILES string of the molecule is Cc1ncn(C(c2cccc(Cl)c2)C(C)N)c1C. The van der Waals surface area contributed by atoms with Crippen molar-refractivity contribution in [2.75, 3.05) is 0 Å². The van der Waals surface area contributed by atoms with Gasteiger partial charge in [-0.3, -0.25) is 0 Å². The molecule has 0 spiro atoms. The van der Waals surface area contributed by atoms with Gasteiger partial charge in [-0.2, -0.15) is 0 Å². The van der Waals surface area contributed by atoms with E-state index in [1.165, 1.54) is 0 Å². The van der Waals surface area contributed by atoms with Crippen molar-refractivity contribution in [1.29, 1.82) is 0 Å². The molecule has 2 atom stereocenters. The normalized spacial score (nSPS) is 14.5. The second kappa shape index (κ2) is 5.12. The number of rotatable bonds is 3. The van der Waals surface area contributed by atoms with Gasteiger partial charge in [0, 0.05) is 16.8 Å². The molecular formula is C14H18ClN3. The van der Waals surface area contributed by atoms with Crippen molar-refractivity contribution >= 4 is 11.6 Å². The third-order valence-corrected chi connectivity index (χ3v) is 3.51. The minimum atomic E-state index is -0.0178. The lowest BCUT2D eigenvalue weighted by atomic mass is 10.0. The molecule has 2 aromatic rings. The molecule has 18 heavy (non-hydrogen) atoms. The van der Waals surface area contributed by atoms with Gasteiger partial charge in [-0.15, -0.1) is 0 Å². The van der Waals surface area contributed by atoms with Gasteiger partial charge in [0.25, 0.3) is 0 Å². The van der Waals surface area contributed by atoms with E-state index >= 15 is 0 Å². The van der Waals surface area contributed by atoms with Crippen molar-refractivity contribution in [2.24, 2.45) is 5.73 Å². The molecule has 0 saturated heterocycles. The summed E-state index contributed by atoms with van der Waals surface area (Å²) < 4.78 is 2.12. The molecule has 4 heteroatoms. The number of hydrogen-bond donors (Lipinski definition) is 1. The number of aryl methyl sites for hydroxylation is 1. The van der Waals surface area contributed by atoms with Crippen molar-refractivity contribution in [3.05, 3.63) is 52.6 Å². The third kappa shape index (κ3) is 2.42. The zero-order valence-electron chi connectivity index (χ0n) is 10.9. The Balaban J connectivity index is 2.50. The predicted octanol–water partition coefficient (Wildman–Crippen LogP) is 3.09. The standard InChI is InChI=1S/C14H18ClN3/c1-9(16)14(12-5-4-6-13(15)7-12)18-8-17-10(2)11(18)3/h4-9,14H,16H2,1-3H3. The van der Waals surface area contributed by atoms with E-state index in [1.54, 1.807) is 0 Å². The number of hydrogen-bond acceptors (Lipinski definition) is 2. The van der Waals surface area contributed by atoms with E-state index in [-0.39, 0.29) is 12.1 Å². The van der Waals surface area contributed by atoms with Gasteiger partial charge in [0.2, 0.25) is 0 Å². The lowest BCUT2D eigenvalue weighted by Crippen LogP contribution is -2.30. The first-order valence-electron chi connectivity index (χ1n) is 6.01. The highest BCUT2D eigenvalue weighted by atomic mass is 35.5. The Kier molecular flexibility index (Phi) is 3.73. The molecule has 0 aliphatic rings. The van der Waals surface area contributed by atoms with Gasteiger partial charge in [-0.1, -0.05) is 23.7 Å². The van der Waals surface area contributed by atoms with Crippen LogP contribution in [-0.4, -0.2) is 15.6 Å². The Labute approximate surface area is 113 Å². The number of halogens is 1. The molecule has 0 aliphatic heterocycles. The Hall–Kier alpha value is -1.32. The van der Waals surface area contributed by atoms with Crippen molar-refractivity contribution < 1.29 is 0 Å². The first-order valence-corrected chi connectivity index (χ1v) is 6.39. The lowest BCUT2D eigenvalue weighted by Gasteiger charge is -2.24. The van der Waals surface area contributed by atoms with Gasteiger partial charge in [0.05, 0.1) is 18.1 Å². The summed E-state index contributed by atoms with van der Waals surface area (Å²) in [6.07, 6.45) is 1.85. The van der Waals surface area contributed by atoms with Gasteiger partial charge in [0.1, 0.15) is 0 Å². The van der Waals surface area contributed by atoms with Crippen LogP contribution < -0.4 is 5.73 Å². The van der Waals surface area contributed by atoms with Gasteiger partial charge in [-0.05, 0) is 38.5 Å². The average molecular weight is 264 g/mol. The summed E-state index contributed by atoms with van der Waals surface area (Å²) in [4.78, 5) is 4.34. The maximum atomic E-state index is 6.14. The van der Waals surface area contributed by atoms with Crippen LogP contribution in [0.3, 0.4) is 0 Å². The molecule has 0 amide bonds. The molecule has 2 rings (SSSR count). The number of imidazole rings is 1. The molecule has 1 aromatic heterocycles. The summed E-state index contributed by atoms with van der Waals surface area (Å²) >= 11 is 6.06. The maximum absolute atomic E-state index is 6.14. The minimum absolute atomic E-state index is 0.0178. The Morgan fingerprint density at radius 1 is 1.33 bits per heavy atom. The van der Waals surface area contributed by atoms with Gasteiger partial charge in [-0.25, -0.2) is 4.98 Å². The molecule has 1 aromatic carbocycles. The second-order valence-electron chi connectivity index (χ2n) is 4.68. The number of benzene rings is 1. The Morgan fingerprint density at radius 3 is 2.56 bits per heavy atom. The van der Waals surface area contributed by atoms with Crippen LogP contribution >= 0.6 is 11.6 Å². The van der Waals surface area contributed by atoms with Crippen LogP contribution in [0.25, 0.3) is 0 Å². The monoisotopic (exact) mass is 263 g/mol. The molecule has 0 radical (unpaired) electrons. The van der Waals surface area contributed by atoms with E-state index in [0.29, 0.717) is 0 Å². The molecule has 1 heterocycles. The molecule has 2 N–H and O–H groups in total. The first kappa shape index (κ1) is 13.1. The molecule has 0 aliphatic carbocycles. The van der Waals surface area contributed by atoms with Crippen LogP contribution in [0.4, 0.5) is 0 Å². The van der Waals surface area contributed by atoms with Gasteiger partial charge >= 0.3 is 0 Å². The number of nitrogens with two attached hydrogens (primary N) is 1. The van der Waals surface area contributed by atoms with Crippen LogP contribution in [0.2, 0.25) is 5.02 Å². The fraction of sp³-hybridized carbons (Fsp3) is 0.357. The van der Waals surface area contributed by atoms with Crippen molar-refractivity contribution in [1.82, 2.24) is 9.55 Å². The van der Waals surface area contributed by atoms with Crippen molar-refractivity contribution in [3.8, 4) is 0 Å². The molecule has 0 fully saturated rings. The fourth-order valence-electron chi connectivity index (χ4n) is 2.20. The van der Waals surface area contributed by atoms with E-state index in [9.17, 15) is 0 Å². The molecular weight excluding hydrogens is 246 g/mol. The second-order valence-corrected chi connectivity index (χ2v) is 5.12. The van der Waals surface area contributed by atoms with Crippen LogP contribution in [0.1, 0.15) is 29.9 Å². The number of aromatic nitrogens is 2. The smallest absolute Gasteiger partial charge is 0.0957 e. The first-order chi connectivity index (χ1) is 8.50. The Bertz CT molecular complexity index is 546. The van der Waals surface area contributed by atoms with E-state index in [0.717, 1.165) is 22.0 Å². The highest BCUT2D eigenvalue weighted by molar-refractivity contribution is 6.30. The van der Waals surface area contributed by atoms with Gasteiger partial charge in [0.15, 0.2) is 0 Å². The molecule has 2 unspecified atom stereocenters. The van der Waals surface area contributed by atoms with Crippen molar-refractivity contribution in [2.45, 2.75) is 32.9 Å². The average Bonchev–Trinajstić information content (AvgIpc) is 2.61. The van der Waals surface area contributed by atoms with Crippen LogP contribution in [0.5, 0.6) is 0 Å². The largest absolute Gasteiger partial charge is 0.326 e. The summed E-state index contributed by atoms with van der Waals surface area (Å²) in [5.41, 5.74) is 9.41. The summed E-state index contributed by atoms with van der Waals surface area (Å²) in [6.45, 7) is 6.06. The topological polar surface area (TPSA) is 43.8 Å². The van der Waals surface area contributed by atoms with Crippen molar-refractivity contribution in [3.63, 3.8) is 0 Å². The summed E-state index contributed by atoms with van der Waals surface area (Å²) in [7, 11) is 0. The zero-order chi connectivity index (χ0) is 13.3. The number of nitrogens with zero attached hydrogens (tertiary/aromatic N) is 2. The van der Waals surface area contributed by atoms with E-state index < -0.39 is 0 Å². The summed E-state index contributed by atoms with van der Waals surface area (Å²) in [6, 6.07) is 7.88. The minimum Gasteiger partial charge on any atom is -0.326 e. The fourth-order valence-corrected chi connectivity index (χ4v) is 2.40. The molecule has 96 valence electrons. The molecule has 3 nitrogen and oxygen atoms in total. The molecule has 0 bridgehead atoms. The lowest BCUT2D eigenvalue weighted by molar-refractivity contribution is 0.487. The summed E-state index contributed by atoms with van der Waals surface area (Å²) in [5.74, 6) is 0. The highest BCUT2D eigenvalue weighted by Gasteiger charge is 2.20. The highest BCUT2D eigenvalue weighted by Crippen LogP contribution is 2.25. The Morgan fingerprint density at radius 2 is 2.06 bits per heavy atom. The van der Waals surface area contributed by atoms with Crippen LogP contribution in [-0.2, 0) is 0 Å². The maximum Gasteiger partial charge on any atom is 0.0957 e. The quantitative estimate of drug-likeness (QED) is 0.925. The zero-order valence-corrected chi connectivity index (χ0v) is 11.6. The third-order valence-electron chi connectivity index (χ3n) is 3.27. The van der Waals surface area contributed by atoms with E-state index in [2.05, 4.69) is 22.5 Å². The van der Waals surface area contributed by atoms with Crippen LogP contribution in [0, 0.1) is 13.8 Å². The molecule has 0 saturated carbocycles. The van der Waals surface area contributed by atoms with Gasteiger partial charge < -0.3 is 10.3 Å². The predicted molar refractivity (Wildman–Crippen MR) is 74.9 cm³/mol. The van der Waals surface area contributed by atoms with E-state index in [4.69, 9.17) is 17.3 Å². The van der Waals surface area contributed by atoms with Crippen LogP contribution in [0.15, 0.2) is 30.6 Å². The van der Waals surface area contributed by atoms with E-state index in [1.807, 2.05) is 38.4 Å².